The lowest BCUT2D eigenvalue weighted by atomic mass is 10.2. The van der Waals surface area contributed by atoms with Gasteiger partial charge in [-0.3, -0.25) is 0 Å². The normalized spacial score (nSPS) is 19.5. The van der Waals surface area contributed by atoms with E-state index in [-0.39, 0.29) is 0 Å². The quantitative estimate of drug-likeness (QED) is 0.919. The lowest BCUT2D eigenvalue weighted by Gasteiger charge is -2.12. The Morgan fingerprint density at radius 3 is 3.22 bits per heavy atom. The van der Waals surface area contributed by atoms with Crippen LogP contribution in [0.3, 0.4) is 0 Å². The molecule has 2 aromatic rings. The number of rotatable bonds is 4. The van der Waals surface area contributed by atoms with Crippen molar-refractivity contribution in [3.63, 3.8) is 0 Å². The highest BCUT2D eigenvalue weighted by Gasteiger charge is 2.15. The molecule has 1 saturated heterocycles. The Morgan fingerprint density at radius 1 is 1.50 bits per heavy atom. The van der Waals surface area contributed by atoms with Crippen molar-refractivity contribution in [2.45, 2.75) is 32.2 Å². The van der Waals surface area contributed by atoms with Gasteiger partial charge < -0.3 is 10.1 Å². The Labute approximate surface area is 111 Å². The summed E-state index contributed by atoms with van der Waals surface area (Å²) in [6.45, 7) is 4.01. The van der Waals surface area contributed by atoms with Gasteiger partial charge in [0.1, 0.15) is 17.9 Å². The van der Waals surface area contributed by atoms with Crippen molar-refractivity contribution in [2.24, 2.45) is 0 Å². The number of hydrogen-bond donors (Lipinski definition) is 1. The van der Waals surface area contributed by atoms with Gasteiger partial charge in [-0.2, -0.15) is 0 Å². The second-order valence-electron chi connectivity index (χ2n) is 4.67. The summed E-state index contributed by atoms with van der Waals surface area (Å²) in [6.07, 6.45) is 3.46. The molecule has 1 aromatic carbocycles. The molecule has 2 heterocycles. The number of thiazole rings is 1. The predicted molar refractivity (Wildman–Crippen MR) is 75.5 cm³/mol. The molecule has 1 N–H and O–H groups in total. The van der Waals surface area contributed by atoms with Gasteiger partial charge >= 0.3 is 0 Å². The lowest BCUT2D eigenvalue weighted by molar-refractivity contribution is 0.280. The topological polar surface area (TPSA) is 34.1 Å². The number of aromatic nitrogens is 1. The third kappa shape index (κ3) is 2.35. The van der Waals surface area contributed by atoms with Crippen LogP contribution < -0.4 is 10.1 Å². The summed E-state index contributed by atoms with van der Waals surface area (Å²) in [6, 6.07) is 6.70. The highest BCUT2D eigenvalue weighted by atomic mass is 32.1. The second-order valence-corrected chi connectivity index (χ2v) is 5.78. The molecule has 0 amide bonds. The van der Waals surface area contributed by atoms with Crippen LogP contribution in [0.4, 0.5) is 0 Å². The maximum atomic E-state index is 5.94. The Morgan fingerprint density at radius 2 is 2.44 bits per heavy atom. The first-order valence-electron chi connectivity index (χ1n) is 6.61. The zero-order chi connectivity index (χ0) is 12.4. The molecule has 1 aliphatic rings. The Bertz CT molecular complexity index is 532. The van der Waals surface area contributed by atoms with E-state index in [9.17, 15) is 0 Å². The van der Waals surface area contributed by atoms with Crippen molar-refractivity contribution >= 4 is 21.6 Å². The first-order chi connectivity index (χ1) is 8.86. The molecule has 0 bridgehead atoms. The number of nitrogens with one attached hydrogen (secondary N) is 1. The fraction of sp³-hybridized carbons (Fsp3) is 0.500. The summed E-state index contributed by atoms with van der Waals surface area (Å²) >= 11 is 1.76. The molecule has 0 spiro atoms. The van der Waals surface area contributed by atoms with Crippen LogP contribution in [0.25, 0.3) is 10.2 Å². The van der Waals surface area contributed by atoms with E-state index in [0.29, 0.717) is 6.04 Å². The minimum absolute atomic E-state index is 0.504. The minimum Gasteiger partial charge on any atom is -0.490 e. The molecular formula is C14H18N2OS. The zero-order valence-electron chi connectivity index (χ0n) is 10.6. The molecule has 0 saturated carbocycles. The zero-order valence-corrected chi connectivity index (χ0v) is 11.4. The largest absolute Gasteiger partial charge is 0.490 e. The SMILES string of the molecule is CCc1nc2c(OCC3CCCN3)cccc2s1. The average Bonchev–Trinajstić information content (AvgIpc) is 3.04. The van der Waals surface area contributed by atoms with E-state index in [1.54, 1.807) is 11.3 Å². The predicted octanol–water partition coefficient (Wildman–Crippen LogP) is 2.99. The van der Waals surface area contributed by atoms with Crippen molar-refractivity contribution in [3.05, 3.63) is 23.2 Å². The highest BCUT2D eigenvalue weighted by Crippen LogP contribution is 2.30. The fourth-order valence-electron chi connectivity index (χ4n) is 2.33. The maximum absolute atomic E-state index is 5.94. The van der Waals surface area contributed by atoms with Crippen molar-refractivity contribution < 1.29 is 4.74 Å². The molecule has 3 rings (SSSR count). The second kappa shape index (κ2) is 5.24. The summed E-state index contributed by atoms with van der Waals surface area (Å²) in [7, 11) is 0. The van der Waals surface area contributed by atoms with Crippen LogP contribution in [0, 0.1) is 0 Å². The summed E-state index contributed by atoms with van der Waals surface area (Å²) in [5.74, 6) is 0.928. The molecule has 4 heteroatoms. The fourth-order valence-corrected chi connectivity index (χ4v) is 3.25. The van der Waals surface area contributed by atoms with Gasteiger partial charge in [-0.15, -0.1) is 11.3 Å². The Balaban J connectivity index is 1.79. The Hall–Kier alpha value is -1.13. The number of nitrogens with zero attached hydrogens (tertiary/aromatic N) is 1. The van der Waals surface area contributed by atoms with Crippen molar-refractivity contribution in [1.29, 1.82) is 0 Å². The molecule has 1 fully saturated rings. The molecule has 0 aliphatic carbocycles. The van der Waals surface area contributed by atoms with E-state index in [0.717, 1.165) is 30.8 Å². The maximum Gasteiger partial charge on any atom is 0.146 e. The first-order valence-corrected chi connectivity index (χ1v) is 7.43. The third-order valence-corrected chi connectivity index (χ3v) is 4.50. The molecule has 96 valence electrons. The lowest BCUT2D eigenvalue weighted by Crippen LogP contribution is -2.28. The molecule has 18 heavy (non-hydrogen) atoms. The number of para-hydroxylation sites is 1. The van der Waals surface area contributed by atoms with Gasteiger partial charge in [0.05, 0.1) is 9.71 Å². The van der Waals surface area contributed by atoms with E-state index in [2.05, 4.69) is 29.4 Å². The van der Waals surface area contributed by atoms with Crippen molar-refractivity contribution in [2.75, 3.05) is 13.2 Å². The molecule has 1 aromatic heterocycles. The summed E-state index contributed by atoms with van der Waals surface area (Å²) < 4.78 is 7.17. The number of ether oxygens (including phenoxy) is 1. The van der Waals surface area contributed by atoms with Gasteiger partial charge in [-0.05, 0) is 37.9 Å². The molecule has 1 atom stereocenters. The molecular weight excluding hydrogens is 244 g/mol. The number of benzene rings is 1. The van der Waals surface area contributed by atoms with Gasteiger partial charge in [0, 0.05) is 6.04 Å². The molecule has 3 nitrogen and oxygen atoms in total. The minimum atomic E-state index is 0.504. The molecule has 1 unspecified atom stereocenters. The standard InChI is InChI=1S/C14H18N2OS/c1-2-13-16-14-11(6-3-7-12(14)18-13)17-9-10-5-4-8-15-10/h3,6-7,10,15H,2,4-5,8-9H2,1H3. The summed E-state index contributed by atoms with van der Waals surface area (Å²) in [4.78, 5) is 4.65. The van der Waals surface area contributed by atoms with Gasteiger partial charge in [-0.25, -0.2) is 4.98 Å². The van der Waals surface area contributed by atoms with Crippen molar-refractivity contribution in [1.82, 2.24) is 10.3 Å². The average molecular weight is 262 g/mol. The van der Waals surface area contributed by atoms with E-state index >= 15 is 0 Å². The smallest absolute Gasteiger partial charge is 0.146 e. The van der Waals surface area contributed by atoms with E-state index in [4.69, 9.17) is 4.74 Å². The Kier molecular flexibility index (Phi) is 3.48. The van der Waals surface area contributed by atoms with E-state index in [1.807, 2.05) is 6.07 Å². The molecule has 0 radical (unpaired) electrons. The van der Waals surface area contributed by atoms with E-state index < -0.39 is 0 Å². The van der Waals surface area contributed by atoms with Crippen LogP contribution >= 0.6 is 11.3 Å². The van der Waals surface area contributed by atoms with Gasteiger partial charge in [0.2, 0.25) is 0 Å². The molecule has 1 aliphatic heterocycles. The van der Waals surface area contributed by atoms with Crippen LogP contribution in [0.5, 0.6) is 5.75 Å². The summed E-state index contributed by atoms with van der Waals surface area (Å²) in [5, 5.41) is 4.63. The first kappa shape index (κ1) is 11.9. The monoisotopic (exact) mass is 262 g/mol. The van der Waals surface area contributed by atoms with Crippen LogP contribution in [-0.2, 0) is 6.42 Å². The number of aryl methyl sites for hydroxylation is 1. The van der Waals surface area contributed by atoms with Crippen LogP contribution in [0.1, 0.15) is 24.8 Å². The van der Waals surface area contributed by atoms with Gasteiger partial charge in [-0.1, -0.05) is 13.0 Å². The van der Waals surface area contributed by atoms with Crippen LogP contribution in [0.15, 0.2) is 18.2 Å². The summed E-state index contributed by atoms with van der Waals surface area (Å²) in [5.41, 5.74) is 1.03. The third-order valence-electron chi connectivity index (χ3n) is 3.33. The van der Waals surface area contributed by atoms with Gasteiger partial charge in [0.15, 0.2) is 0 Å². The van der Waals surface area contributed by atoms with Crippen LogP contribution in [-0.4, -0.2) is 24.2 Å². The highest BCUT2D eigenvalue weighted by molar-refractivity contribution is 7.18. The van der Waals surface area contributed by atoms with E-state index in [1.165, 1.54) is 22.5 Å². The number of fused-ring (bicyclic) bond motifs is 1. The number of hydrogen-bond acceptors (Lipinski definition) is 4. The van der Waals surface area contributed by atoms with Crippen LogP contribution in [0.2, 0.25) is 0 Å². The van der Waals surface area contributed by atoms with Gasteiger partial charge in [0.25, 0.3) is 0 Å². The van der Waals surface area contributed by atoms with Crippen molar-refractivity contribution in [3.8, 4) is 5.75 Å².